The summed E-state index contributed by atoms with van der Waals surface area (Å²) in [6.07, 6.45) is 0.507. The normalized spacial score (nSPS) is 11.2. The molecular weight excluding hydrogens is 268 g/mol. The van der Waals surface area contributed by atoms with Gasteiger partial charge in [0.1, 0.15) is 5.75 Å². The number of rotatable bonds is 8. The molecule has 0 fully saturated rings. The summed E-state index contributed by atoms with van der Waals surface area (Å²) in [4.78, 5) is 22.0. The molecule has 0 amide bonds. The number of carboxylic acids is 1. The van der Waals surface area contributed by atoms with E-state index >= 15 is 0 Å². The van der Waals surface area contributed by atoms with Crippen molar-refractivity contribution < 1.29 is 23.1 Å². The second-order valence-corrected chi connectivity index (χ2v) is 6.42. The van der Waals surface area contributed by atoms with Gasteiger partial charge in [-0.05, 0) is 12.8 Å². The number of unbranched alkanes of at least 4 members (excludes halogenated alkanes) is 1. The molecule has 19 heavy (non-hydrogen) atoms. The number of sulfone groups is 1. The first-order valence-electron chi connectivity index (χ1n) is 5.91. The molecular formula is C13H16O5S. The Hall–Kier alpha value is -1.69. The van der Waals surface area contributed by atoms with Crippen molar-refractivity contribution in [3.63, 3.8) is 0 Å². The van der Waals surface area contributed by atoms with Gasteiger partial charge in [0.2, 0.25) is 0 Å². The highest BCUT2D eigenvalue weighted by Gasteiger charge is 2.17. The average Bonchev–Trinajstić information content (AvgIpc) is 2.35. The summed E-state index contributed by atoms with van der Waals surface area (Å²) < 4.78 is 23.4. The molecule has 0 aromatic heterocycles. The zero-order chi connectivity index (χ0) is 14.3. The van der Waals surface area contributed by atoms with Crippen molar-refractivity contribution in [3.05, 3.63) is 35.9 Å². The van der Waals surface area contributed by atoms with E-state index in [-0.39, 0.29) is 18.6 Å². The fraction of sp³-hybridized carbons (Fsp3) is 0.385. The zero-order valence-corrected chi connectivity index (χ0v) is 11.2. The molecule has 0 spiro atoms. The molecule has 0 heterocycles. The molecule has 0 aliphatic heterocycles. The van der Waals surface area contributed by atoms with Crippen LogP contribution in [0, 0.1) is 0 Å². The molecule has 0 bridgehead atoms. The van der Waals surface area contributed by atoms with Gasteiger partial charge in [-0.3, -0.25) is 9.59 Å². The van der Waals surface area contributed by atoms with Gasteiger partial charge in [-0.1, -0.05) is 30.3 Å². The third kappa shape index (κ3) is 6.15. The van der Waals surface area contributed by atoms with E-state index in [1.54, 1.807) is 30.3 Å². The molecule has 1 aromatic rings. The van der Waals surface area contributed by atoms with Gasteiger partial charge in [-0.2, -0.15) is 0 Å². The fourth-order valence-electron chi connectivity index (χ4n) is 1.58. The van der Waals surface area contributed by atoms with Crippen LogP contribution in [0.5, 0.6) is 0 Å². The predicted octanol–water partition coefficient (Wildman–Crippen LogP) is 1.54. The summed E-state index contributed by atoms with van der Waals surface area (Å²) in [6.45, 7) is 0. The van der Waals surface area contributed by atoms with Crippen LogP contribution in [0.3, 0.4) is 0 Å². The summed E-state index contributed by atoms with van der Waals surface area (Å²) in [7, 11) is -3.47. The number of carbonyl (C=O) groups is 2. The van der Waals surface area contributed by atoms with Crippen molar-refractivity contribution in [3.8, 4) is 0 Å². The van der Waals surface area contributed by atoms with E-state index in [4.69, 9.17) is 5.11 Å². The highest BCUT2D eigenvalue weighted by atomic mass is 32.2. The predicted molar refractivity (Wildman–Crippen MR) is 70.9 cm³/mol. The van der Waals surface area contributed by atoms with E-state index in [0.717, 1.165) is 0 Å². The summed E-state index contributed by atoms with van der Waals surface area (Å²) >= 11 is 0. The molecule has 5 nitrogen and oxygen atoms in total. The standard InChI is InChI=1S/C13H16O5S/c14-12(11-6-2-1-3-7-11)10-19(17,18)9-5-4-8-13(15)16/h1-3,6-7H,4-5,8-10H2,(H,15,16). The van der Waals surface area contributed by atoms with E-state index in [0.29, 0.717) is 12.0 Å². The van der Waals surface area contributed by atoms with Crippen molar-refractivity contribution in [1.82, 2.24) is 0 Å². The van der Waals surface area contributed by atoms with Crippen LogP contribution in [-0.2, 0) is 14.6 Å². The zero-order valence-electron chi connectivity index (χ0n) is 10.4. The van der Waals surface area contributed by atoms with Crippen LogP contribution in [0.1, 0.15) is 29.6 Å². The maximum absolute atomic E-state index is 11.7. The van der Waals surface area contributed by atoms with Gasteiger partial charge in [0.15, 0.2) is 15.6 Å². The van der Waals surface area contributed by atoms with Crippen molar-refractivity contribution in [2.45, 2.75) is 19.3 Å². The van der Waals surface area contributed by atoms with Gasteiger partial charge in [0, 0.05) is 12.0 Å². The number of ketones is 1. The van der Waals surface area contributed by atoms with Gasteiger partial charge in [-0.15, -0.1) is 0 Å². The molecule has 0 aliphatic carbocycles. The fourth-order valence-corrected chi connectivity index (χ4v) is 2.93. The molecule has 0 unspecified atom stereocenters. The first-order valence-corrected chi connectivity index (χ1v) is 7.73. The van der Waals surface area contributed by atoms with E-state index in [1.807, 2.05) is 0 Å². The number of hydrogen-bond acceptors (Lipinski definition) is 4. The molecule has 0 atom stereocenters. The lowest BCUT2D eigenvalue weighted by molar-refractivity contribution is -0.137. The van der Waals surface area contributed by atoms with E-state index in [1.165, 1.54) is 0 Å². The molecule has 6 heteroatoms. The molecule has 1 N–H and O–H groups in total. The van der Waals surface area contributed by atoms with Crippen LogP contribution >= 0.6 is 0 Å². The van der Waals surface area contributed by atoms with Crippen LogP contribution < -0.4 is 0 Å². The maximum atomic E-state index is 11.7. The Morgan fingerprint density at radius 3 is 2.26 bits per heavy atom. The first-order chi connectivity index (χ1) is 8.91. The SMILES string of the molecule is O=C(O)CCCCS(=O)(=O)CC(=O)c1ccccc1. The summed E-state index contributed by atoms with van der Waals surface area (Å²) in [5, 5.41) is 8.43. The Balaban J connectivity index is 2.46. The highest BCUT2D eigenvalue weighted by molar-refractivity contribution is 7.92. The Kier molecular flexibility index (Phi) is 5.69. The quantitative estimate of drug-likeness (QED) is 0.578. The number of Topliss-reactive ketones (excluding diaryl/α,β-unsaturated/α-hetero) is 1. The van der Waals surface area contributed by atoms with E-state index < -0.39 is 27.3 Å². The van der Waals surface area contributed by atoms with Gasteiger partial charge >= 0.3 is 5.97 Å². The number of aliphatic carboxylic acids is 1. The van der Waals surface area contributed by atoms with Gasteiger partial charge in [0.05, 0.1) is 5.75 Å². The lowest BCUT2D eigenvalue weighted by Gasteiger charge is -2.03. The summed E-state index contributed by atoms with van der Waals surface area (Å²) in [5.74, 6) is -2.06. The van der Waals surface area contributed by atoms with Crippen LogP contribution in [0.4, 0.5) is 0 Å². The van der Waals surface area contributed by atoms with Crippen LogP contribution in [0.25, 0.3) is 0 Å². The minimum absolute atomic E-state index is 0.0534. The maximum Gasteiger partial charge on any atom is 0.303 e. The minimum atomic E-state index is -3.47. The second kappa shape index (κ2) is 7.04. The molecule has 0 radical (unpaired) electrons. The topological polar surface area (TPSA) is 88.5 Å². The highest BCUT2D eigenvalue weighted by Crippen LogP contribution is 2.06. The second-order valence-electron chi connectivity index (χ2n) is 4.23. The molecule has 0 saturated carbocycles. The Morgan fingerprint density at radius 1 is 1.05 bits per heavy atom. The number of benzene rings is 1. The van der Waals surface area contributed by atoms with Crippen LogP contribution in [0.15, 0.2) is 30.3 Å². The van der Waals surface area contributed by atoms with Gasteiger partial charge < -0.3 is 5.11 Å². The van der Waals surface area contributed by atoms with Crippen LogP contribution in [0.2, 0.25) is 0 Å². The average molecular weight is 284 g/mol. The third-order valence-electron chi connectivity index (χ3n) is 2.54. The van der Waals surface area contributed by atoms with Crippen molar-refractivity contribution >= 4 is 21.6 Å². The number of carbonyl (C=O) groups excluding carboxylic acids is 1. The largest absolute Gasteiger partial charge is 0.481 e. The van der Waals surface area contributed by atoms with E-state index in [9.17, 15) is 18.0 Å². The molecule has 0 aliphatic rings. The number of carboxylic acid groups (broad SMARTS) is 1. The van der Waals surface area contributed by atoms with Crippen LogP contribution in [-0.4, -0.2) is 36.8 Å². The van der Waals surface area contributed by atoms with Crippen molar-refractivity contribution in [2.24, 2.45) is 0 Å². The number of hydrogen-bond donors (Lipinski definition) is 1. The minimum Gasteiger partial charge on any atom is -0.481 e. The Morgan fingerprint density at radius 2 is 1.68 bits per heavy atom. The summed E-state index contributed by atoms with van der Waals surface area (Å²) in [6, 6.07) is 8.24. The molecule has 1 aromatic carbocycles. The summed E-state index contributed by atoms with van der Waals surface area (Å²) in [5.41, 5.74) is 0.372. The monoisotopic (exact) mass is 284 g/mol. The first kappa shape index (κ1) is 15.4. The van der Waals surface area contributed by atoms with E-state index in [2.05, 4.69) is 0 Å². The lowest BCUT2D eigenvalue weighted by Crippen LogP contribution is -2.19. The molecule has 104 valence electrons. The molecule has 0 saturated heterocycles. The van der Waals surface area contributed by atoms with Crippen molar-refractivity contribution in [2.75, 3.05) is 11.5 Å². The van der Waals surface area contributed by atoms with Crippen molar-refractivity contribution in [1.29, 1.82) is 0 Å². The van der Waals surface area contributed by atoms with Gasteiger partial charge in [0.25, 0.3) is 0 Å². The van der Waals surface area contributed by atoms with Gasteiger partial charge in [-0.25, -0.2) is 8.42 Å². The Bertz CT molecular complexity index is 533. The smallest absolute Gasteiger partial charge is 0.303 e. The third-order valence-corrected chi connectivity index (χ3v) is 4.16. The lowest BCUT2D eigenvalue weighted by atomic mass is 10.2. The Labute approximate surface area is 112 Å². The molecule has 1 rings (SSSR count).